The van der Waals surface area contributed by atoms with Crippen LogP contribution >= 0.6 is 0 Å². The van der Waals surface area contributed by atoms with Gasteiger partial charge < -0.3 is 0 Å². The summed E-state index contributed by atoms with van der Waals surface area (Å²) < 4.78 is 0. The molecule has 3 unspecified atom stereocenters. The topological polar surface area (TPSA) is 15.6 Å². The second kappa shape index (κ2) is 3.17. The lowest BCUT2D eigenvalue weighted by atomic mass is 9.58. The molecular formula is C16H22N2. The van der Waals surface area contributed by atoms with E-state index in [0.717, 1.165) is 0 Å². The lowest BCUT2D eigenvalue weighted by Gasteiger charge is -2.51. The van der Waals surface area contributed by atoms with E-state index in [1.54, 1.807) is 0 Å². The van der Waals surface area contributed by atoms with Gasteiger partial charge in [-0.15, -0.1) is 0 Å². The molecule has 0 saturated heterocycles. The summed E-state index contributed by atoms with van der Waals surface area (Å²) in [6.45, 7) is 11.3. The third-order valence-electron chi connectivity index (χ3n) is 5.42. The minimum atomic E-state index is 0.0122. The average Bonchev–Trinajstić information content (AvgIpc) is 2.48. The molecule has 2 heteroatoms. The molecule has 1 aliphatic carbocycles. The lowest BCUT2D eigenvalue weighted by molar-refractivity contribution is 0.138. The van der Waals surface area contributed by atoms with Crippen LogP contribution in [0, 0.1) is 16.7 Å². The highest BCUT2D eigenvalue weighted by atomic mass is 15.5. The number of allylic oxidation sites excluding steroid dienone is 2. The SMILES string of the molecule is CC(C)C1(C)/C=C\C2=CC3(C)C=NN(/C=C\1)C23C. The van der Waals surface area contributed by atoms with Gasteiger partial charge in [-0.1, -0.05) is 45.1 Å². The third-order valence-corrected chi connectivity index (χ3v) is 5.42. The molecule has 96 valence electrons. The molecule has 0 amide bonds. The summed E-state index contributed by atoms with van der Waals surface area (Å²) >= 11 is 0. The monoisotopic (exact) mass is 242 g/mol. The Hall–Kier alpha value is -1.31. The molecule has 0 spiro atoms. The van der Waals surface area contributed by atoms with Gasteiger partial charge in [0.2, 0.25) is 0 Å². The van der Waals surface area contributed by atoms with Gasteiger partial charge in [0.25, 0.3) is 0 Å². The number of hydrogen-bond donors (Lipinski definition) is 0. The highest BCUT2D eigenvalue weighted by Gasteiger charge is 2.59. The number of rotatable bonds is 1. The largest absolute Gasteiger partial charge is 0.262 e. The van der Waals surface area contributed by atoms with Gasteiger partial charge in [-0.25, -0.2) is 0 Å². The molecule has 0 N–H and O–H groups in total. The predicted octanol–water partition coefficient (Wildman–Crippen LogP) is 3.74. The molecule has 0 saturated carbocycles. The second-order valence-corrected chi connectivity index (χ2v) is 6.71. The van der Waals surface area contributed by atoms with Gasteiger partial charge in [-0.3, -0.25) is 5.01 Å². The molecule has 2 aliphatic heterocycles. The van der Waals surface area contributed by atoms with E-state index in [4.69, 9.17) is 0 Å². The standard InChI is InChI=1S/C16H22N2/c1-12(2)14(3)7-6-13-10-15(4)11-17-18(9-8-14)16(13,15)5/h6-12H,1-5H3/b7-6-,9-8-. The molecule has 2 nitrogen and oxygen atoms in total. The minimum absolute atomic E-state index is 0.0122. The summed E-state index contributed by atoms with van der Waals surface area (Å²) in [4.78, 5) is 0. The van der Waals surface area contributed by atoms with Crippen molar-refractivity contribution in [1.82, 2.24) is 5.01 Å². The van der Waals surface area contributed by atoms with Gasteiger partial charge in [0.1, 0.15) is 0 Å². The highest BCUT2D eigenvalue weighted by molar-refractivity contribution is 5.80. The van der Waals surface area contributed by atoms with Crippen LogP contribution in [0.2, 0.25) is 0 Å². The fourth-order valence-electron chi connectivity index (χ4n) is 3.02. The van der Waals surface area contributed by atoms with Gasteiger partial charge in [-0.2, -0.15) is 5.10 Å². The maximum atomic E-state index is 4.59. The molecule has 0 aromatic heterocycles. The Balaban J connectivity index is 2.09. The first-order chi connectivity index (χ1) is 8.32. The van der Waals surface area contributed by atoms with Gasteiger partial charge in [-0.05, 0) is 25.3 Å². The van der Waals surface area contributed by atoms with Crippen LogP contribution in [0.1, 0.15) is 34.6 Å². The van der Waals surface area contributed by atoms with Crippen LogP contribution in [0.5, 0.6) is 0 Å². The van der Waals surface area contributed by atoms with Crippen molar-refractivity contribution >= 4 is 6.21 Å². The zero-order valence-corrected chi connectivity index (χ0v) is 11.9. The first-order valence-electron chi connectivity index (χ1n) is 6.78. The van der Waals surface area contributed by atoms with E-state index in [1.807, 2.05) is 0 Å². The molecule has 3 aliphatic rings. The Morgan fingerprint density at radius 1 is 1.17 bits per heavy atom. The third kappa shape index (κ3) is 1.16. The molecular weight excluding hydrogens is 220 g/mol. The predicted molar refractivity (Wildman–Crippen MR) is 76.2 cm³/mol. The fourth-order valence-corrected chi connectivity index (χ4v) is 3.02. The molecule has 0 radical (unpaired) electrons. The molecule has 2 heterocycles. The average molecular weight is 242 g/mol. The summed E-state index contributed by atoms with van der Waals surface area (Å²) in [6.07, 6.45) is 13.5. The lowest BCUT2D eigenvalue weighted by Crippen LogP contribution is -2.56. The van der Waals surface area contributed by atoms with Crippen molar-refractivity contribution < 1.29 is 0 Å². The van der Waals surface area contributed by atoms with Crippen molar-refractivity contribution in [2.75, 3.05) is 0 Å². The Morgan fingerprint density at radius 3 is 2.56 bits per heavy atom. The van der Waals surface area contributed by atoms with Crippen molar-refractivity contribution in [2.45, 2.75) is 40.2 Å². The van der Waals surface area contributed by atoms with Crippen LogP contribution in [0.3, 0.4) is 0 Å². The number of nitrogens with zero attached hydrogens (tertiary/aromatic N) is 2. The van der Waals surface area contributed by atoms with Crippen molar-refractivity contribution in [1.29, 1.82) is 0 Å². The van der Waals surface area contributed by atoms with Crippen LogP contribution in [-0.4, -0.2) is 16.8 Å². The molecule has 3 rings (SSSR count). The maximum absolute atomic E-state index is 4.59. The smallest absolute Gasteiger partial charge is 0.0982 e. The Bertz CT molecular complexity index is 511. The van der Waals surface area contributed by atoms with Crippen LogP contribution in [0.4, 0.5) is 0 Å². The first-order valence-corrected chi connectivity index (χ1v) is 6.78. The Kier molecular flexibility index (Phi) is 2.07. The van der Waals surface area contributed by atoms with Crippen LogP contribution in [0.15, 0.2) is 41.2 Å². The summed E-state index contributed by atoms with van der Waals surface area (Å²) in [7, 11) is 0. The van der Waals surface area contributed by atoms with E-state index in [9.17, 15) is 0 Å². The van der Waals surface area contributed by atoms with Gasteiger partial charge in [0.15, 0.2) is 0 Å². The molecule has 0 aromatic rings. The quantitative estimate of drug-likeness (QED) is 0.684. The van der Waals surface area contributed by atoms with E-state index in [1.165, 1.54) is 5.57 Å². The van der Waals surface area contributed by atoms with E-state index in [-0.39, 0.29) is 16.4 Å². The summed E-state index contributed by atoms with van der Waals surface area (Å²) in [5, 5.41) is 6.72. The van der Waals surface area contributed by atoms with Gasteiger partial charge >= 0.3 is 0 Å². The molecule has 18 heavy (non-hydrogen) atoms. The normalized spacial score (nSPS) is 48.1. The fraction of sp³-hybridized carbons (Fsp3) is 0.562. The molecule has 0 aromatic carbocycles. The zero-order valence-electron chi connectivity index (χ0n) is 11.9. The maximum Gasteiger partial charge on any atom is 0.0982 e. The van der Waals surface area contributed by atoms with Gasteiger partial charge in [0, 0.05) is 17.8 Å². The first kappa shape index (κ1) is 11.8. The van der Waals surface area contributed by atoms with E-state index >= 15 is 0 Å². The highest BCUT2D eigenvalue weighted by Crippen LogP contribution is 2.56. The van der Waals surface area contributed by atoms with Crippen LogP contribution in [-0.2, 0) is 0 Å². The summed E-state index contributed by atoms with van der Waals surface area (Å²) in [5.41, 5.74) is 1.59. The second-order valence-electron chi connectivity index (χ2n) is 6.71. The number of hydrogen-bond acceptors (Lipinski definition) is 2. The molecule has 0 bridgehead atoms. The zero-order chi connectivity index (χ0) is 13.2. The minimum Gasteiger partial charge on any atom is -0.262 e. The van der Waals surface area contributed by atoms with E-state index < -0.39 is 0 Å². The van der Waals surface area contributed by atoms with Crippen LogP contribution < -0.4 is 0 Å². The van der Waals surface area contributed by atoms with Gasteiger partial charge in [0.05, 0.1) is 11.0 Å². The van der Waals surface area contributed by atoms with Crippen molar-refractivity contribution in [3.63, 3.8) is 0 Å². The summed E-state index contributed by atoms with van der Waals surface area (Å²) in [6, 6.07) is 0. The summed E-state index contributed by atoms with van der Waals surface area (Å²) in [5.74, 6) is 0.577. The van der Waals surface area contributed by atoms with Crippen molar-refractivity contribution in [3.05, 3.63) is 36.1 Å². The Morgan fingerprint density at radius 2 is 1.89 bits per heavy atom. The Labute approximate surface area is 110 Å². The van der Waals surface area contributed by atoms with Crippen molar-refractivity contribution in [3.8, 4) is 0 Å². The van der Waals surface area contributed by atoms with Crippen molar-refractivity contribution in [2.24, 2.45) is 21.8 Å². The molecule has 0 fully saturated rings. The van der Waals surface area contributed by atoms with E-state index in [0.29, 0.717) is 5.92 Å². The number of hydrazone groups is 1. The molecule has 3 atom stereocenters. The van der Waals surface area contributed by atoms with E-state index in [2.05, 4.69) is 81.4 Å². The van der Waals surface area contributed by atoms with Crippen LogP contribution in [0.25, 0.3) is 0 Å².